The maximum atomic E-state index is 12.4. The van der Waals surface area contributed by atoms with E-state index in [-0.39, 0.29) is 23.9 Å². The van der Waals surface area contributed by atoms with Crippen LogP contribution in [-0.2, 0) is 9.59 Å². The zero-order valence-electron chi connectivity index (χ0n) is 13.1. The summed E-state index contributed by atoms with van der Waals surface area (Å²) in [5.74, 6) is 1.65. The molecule has 4 nitrogen and oxygen atoms in total. The van der Waals surface area contributed by atoms with Gasteiger partial charge in [-0.15, -0.1) is 0 Å². The molecular formula is C15H28N2O2S. The van der Waals surface area contributed by atoms with E-state index in [4.69, 9.17) is 0 Å². The SMILES string of the molecule is CSCCCCCN1C(=O)C(CC(C)C)NC(=O)C1C. The molecule has 0 aliphatic carbocycles. The highest BCUT2D eigenvalue weighted by Gasteiger charge is 2.37. The predicted octanol–water partition coefficient (Wildman–Crippen LogP) is 2.28. The Hall–Kier alpha value is -0.710. The van der Waals surface area contributed by atoms with Gasteiger partial charge < -0.3 is 10.2 Å². The molecule has 5 heteroatoms. The van der Waals surface area contributed by atoms with Crippen LogP contribution < -0.4 is 5.32 Å². The average Bonchev–Trinajstić information content (AvgIpc) is 2.38. The summed E-state index contributed by atoms with van der Waals surface area (Å²) in [5.41, 5.74) is 0. The third kappa shape index (κ3) is 5.00. The highest BCUT2D eigenvalue weighted by atomic mass is 32.2. The second kappa shape index (κ2) is 8.55. The van der Waals surface area contributed by atoms with Crippen LogP contribution in [0.25, 0.3) is 0 Å². The summed E-state index contributed by atoms with van der Waals surface area (Å²) >= 11 is 1.85. The minimum atomic E-state index is -0.329. The number of hydrogen-bond donors (Lipinski definition) is 1. The number of piperazine rings is 1. The summed E-state index contributed by atoms with van der Waals surface area (Å²) in [6.45, 7) is 6.67. The molecule has 0 radical (unpaired) electrons. The molecular weight excluding hydrogens is 272 g/mol. The van der Waals surface area contributed by atoms with Crippen LogP contribution in [0.4, 0.5) is 0 Å². The molecule has 0 spiro atoms. The van der Waals surface area contributed by atoms with E-state index in [2.05, 4.69) is 25.4 Å². The van der Waals surface area contributed by atoms with Crippen molar-refractivity contribution in [3.05, 3.63) is 0 Å². The minimum absolute atomic E-state index is 0.0145. The molecule has 116 valence electrons. The lowest BCUT2D eigenvalue weighted by atomic mass is 9.98. The molecule has 0 saturated carbocycles. The van der Waals surface area contributed by atoms with E-state index in [1.54, 1.807) is 4.90 Å². The van der Waals surface area contributed by atoms with Crippen molar-refractivity contribution in [3.63, 3.8) is 0 Å². The Bertz CT molecular complexity index is 334. The van der Waals surface area contributed by atoms with Crippen LogP contribution in [0.2, 0.25) is 0 Å². The quantitative estimate of drug-likeness (QED) is 0.700. The number of nitrogens with one attached hydrogen (secondary N) is 1. The Kier molecular flexibility index (Phi) is 7.41. The topological polar surface area (TPSA) is 49.4 Å². The maximum absolute atomic E-state index is 12.4. The first-order chi connectivity index (χ1) is 9.47. The first-order valence-electron chi connectivity index (χ1n) is 7.57. The third-order valence-corrected chi connectivity index (χ3v) is 4.40. The van der Waals surface area contributed by atoms with Crippen LogP contribution in [0, 0.1) is 5.92 Å². The largest absolute Gasteiger partial charge is 0.343 e. The van der Waals surface area contributed by atoms with E-state index in [1.165, 1.54) is 12.2 Å². The van der Waals surface area contributed by atoms with E-state index in [1.807, 2.05) is 18.7 Å². The van der Waals surface area contributed by atoms with Gasteiger partial charge in [0.1, 0.15) is 12.1 Å². The Morgan fingerprint density at radius 1 is 1.25 bits per heavy atom. The van der Waals surface area contributed by atoms with Gasteiger partial charge in [-0.05, 0) is 44.1 Å². The van der Waals surface area contributed by atoms with Gasteiger partial charge in [0, 0.05) is 6.54 Å². The van der Waals surface area contributed by atoms with Crippen molar-refractivity contribution in [2.45, 2.75) is 58.5 Å². The molecule has 2 amide bonds. The molecule has 1 aliphatic heterocycles. The van der Waals surface area contributed by atoms with Crippen molar-refractivity contribution in [1.29, 1.82) is 0 Å². The van der Waals surface area contributed by atoms with Gasteiger partial charge in [-0.2, -0.15) is 11.8 Å². The van der Waals surface area contributed by atoms with Gasteiger partial charge in [-0.3, -0.25) is 9.59 Å². The highest BCUT2D eigenvalue weighted by molar-refractivity contribution is 7.98. The lowest BCUT2D eigenvalue weighted by Gasteiger charge is -2.38. The fourth-order valence-corrected chi connectivity index (χ4v) is 3.02. The number of carbonyl (C=O) groups excluding carboxylic acids is 2. The number of nitrogens with zero attached hydrogens (tertiary/aromatic N) is 1. The van der Waals surface area contributed by atoms with Gasteiger partial charge >= 0.3 is 0 Å². The van der Waals surface area contributed by atoms with E-state index in [0.29, 0.717) is 12.5 Å². The Labute approximate surface area is 127 Å². The van der Waals surface area contributed by atoms with Gasteiger partial charge in [0.25, 0.3) is 0 Å². The molecule has 2 atom stereocenters. The average molecular weight is 300 g/mol. The normalized spacial score (nSPS) is 23.4. The van der Waals surface area contributed by atoms with Crippen molar-refractivity contribution >= 4 is 23.6 Å². The van der Waals surface area contributed by atoms with Crippen LogP contribution in [0.15, 0.2) is 0 Å². The molecule has 1 N–H and O–H groups in total. The molecule has 0 aromatic rings. The summed E-state index contributed by atoms with van der Waals surface area (Å²) in [7, 11) is 0. The molecule has 0 bridgehead atoms. The first kappa shape index (κ1) is 17.3. The Morgan fingerprint density at radius 2 is 1.95 bits per heavy atom. The molecule has 1 heterocycles. The number of unbranched alkanes of at least 4 members (excludes halogenated alkanes) is 2. The molecule has 20 heavy (non-hydrogen) atoms. The van der Waals surface area contributed by atoms with Crippen LogP contribution in [0.5, 0.6) is 0 Å². The van der Waals surface area contributed by atoms with Crippen molar-refractivity contribution in [2.24, 2.45) is 5.92 Å². The van der Waals surface area contributed by atoms with E-state index in [9.17, 15) is 9.59 Å². The zero-order chi connectivity index (χ0) is 15.1. The van der Waals surface area contributed by atoms with Crippen LogP contribution >= 0.6 is 11.8 Å². The smallest absolute Gasteiger partial charge is 0.245 e. The number of amides is 2. The van der Waals surface area contributed by atoms with E-state index < -0.39 is 0 Å². The fraction of sp³-hybridized carbons (Fsp3) is 0.867. The van der Waals surface area contributed by atoms with Gasteiger partial charge in [0.05, 0.1) is 0 Å². The number of thioether (sulfide) groups is 1. The molecule has 1 rings (SSSR count). The first-order valence-corrected chi connectivity index (χ1v) is 8.96. The zero-order valence-corrected chi connectivity index (χ0v) is 14.0. The van der Waals surface area contributed by atoms with Crippen molar-refractivity contribution < 1.29 is 9.59 Å². The van der Waals surface area contributed by atoms with Crippen LogP contribution in [-0.4, -0.2) is 47.4 Å². The standard InChI is InChI=1S/C15H28N2O2S/c1-11(2)10-13-15(19)17(12(3)14(18)16-13)8-6-5-7-9-20-4/h11-13H,5-10H2,1-4H3,(H,16,18). The van der Waals surface area contributed by atoms with Crippen molar-refractivity contribution in [1.82, 2.24) is 10.2 Å². The maximum Gasteiger partial charge on any atom is 0.245 e. The van der Waals surface area contributed by atoms with Gasteiger partial charge in [0.15, 0.2) is 0 Å². The summed E-state index contributed by atoms with van der Waals surface area (Å²) < 4.78 is 0. The number of carbonyl (C=O) groups is 2. The predicted molar refractivity (Wildman–Crippen MR) is 84.8 cm³/mol. The second-order valence-electron chi connectivity index (χ2n) is 5.95. The molecule has 1 fully saturated rings. The monoisotopic (exact) mass is 300 g/mol. The van der Waals surface area contributed by atoms with Gasteiger partial charge in [-0.25, -0.2) is 0 Å². The lowest BCUT2D eigenvalue weighted by molar-refractivity contribution is -0.149. The molecule has 1 aliphatic rings. The summed E-state index contributed by atoms with van der Waals surface area (Å²) in [5, 5.41) is 2.85. The van der Waals surface area contributed by atoms with Crippen LogP contribution in [0.1, 0.15) is 46.5 Å². The van der Waals surface area contributed by atoms with E-state index in [0.717, 1.165) is 19.3 Å². The fourth-order valence-electron chi connectivity index (χ4n) is 2.53. The summed E-state index contributed by atoms with van der Waals surface area (Å²) in [6.07, 6.45) is 6.11. The molecule has 2 unspecified atom stereocenters. The Balaban J connectivity index is 2.52. The van der Waals surface area contributed by atoms with Gasteiger partial charge in [-0.1, -0.05) is 20.3 Å². The lowest BCUT2D eigenvalue weighted by Crippen LogP contribution is -2.62. The van der Waals surface area contributed by atoms with E-state index >= 15 is 0 Å². The van der Waals surface area contributed by atoms with Gasteiger partial charge in [0.2, 0.25) is 11.8 Å². The highest BCUT2D eigenvalue weighted by Crippen LogP contribution is 2.16. The van der Waals surface area contributed by atoms with Crippen molar-refractivity contribution in [3.8, 4) is 0 Å². The molecule has 1 saturated heterocycles. The molecule has 0 aromatic heterocycles. The number of rotatable bonds is 8. The Morgan fingerprint density at radius 3 is 2.55 bits per heavy atom. The number of hydrogen-bond acceptors (Lipinski definition) is 3. The van der Waals surface area contributed by atoms with Crippen molar-refractivity contribution in [2.75, 3.05) is 18.6 Å². The third-order valence-electron chi connectivity index (χ3n) is 3.70. The summed E-state index contributed by atoms with van der Waals surface area (Å²) in [4.78, 5) is 26.2. The molecule has 0 aromatic carbocycles. The second-order valence-corrected chi connectivity index (χ2v) is 6.94. The van der Waals surface area contributed by atoms with Crippen LogP contribution in [0.3, 0.4) is 0 Å². The summed E-state index contributed by atoms with van der Waals surface area (Å²) in [6, 6.07) is -0.656. The minimum Gasteiger partial charge on any atom is -0.343 e.